The first-order valence-electron chi connectivity index (χ1n) is 10.8. The topological polar surface area (TPSA) is 70.2 Å². The average molecular weight is 478 g/mol. The minimum atomic E-state index is -3.82. The molecule has 0 saturated carbocycles. The van der Waals surface area contributed by atoms with Crippen LogP contribution in [0.15, 0.2) is 59.5 Å². The second kappa shape index (κ2) is 9.79. The van der Waals surface area contributed by atoms with Gasteiger partial charge in [0, 0.05) is 31.2 Å². The van der Waals surface area contributed by atoms with E-state index in [0.29, 0.717) is 31.0 Å². The highest BCUT2D eigenvalue weighted by atomic mass is 35.5. The van der Waals surface area contributed by atoms with Gasteiger partial charge in [-0.1, -0.05) is 41.9 Å². The lowest BCUT2D eigenvalue weighted by Gasteiger charge is -2.33. The van der Waals surface area contributed by atoms with Crippen molar-refractivity contribution < 1.29 is 17.9 Å². The zero-order chi connectivity index (χ0) is 22.7. The normalized spacial score (nSPS) is 22.8. The van der Waals surface area contributed by atoms with E-state index in [0.717, 1.165) is 18.7 Å². The molecule has 2 fully saturated rings. The molecule has 0 spiro atoms. The van der Waals surface area contributed by atoms with Crippen LogP contribution in [-0.4, -0.2) is 74.5 Å². The van der Waals surface area contributed by atoms with Gasteiger partial charge in [0.2, 0.25) is 10.0 Å². The minimum Gasteiger partial charge on any atom is -0.448 e. The van der Waals surface area contributed by atoms with Crippen LogP contribution in [-0.2, 0) is 14.8 Å². The molecular formula is C23H28ClN3O4S. The fourth-order valence-electron chi connectivity index (χ4n) is 4.34. The number of carbonyl (C=O) groups excluding carboxylic acids is 1. The summed E-state index contributed by atoms with van der Waals surface area (Å²) in [4.78, 5) is 16.6. The van der Waals surface area contributed by atoms with Crippen molar-refractivity contribution in [2.75, 3.05) is 39.8 Å². The first-order chi connectivity index (χ1) is 15.4. The van der Waals surface area contributed by atoms with Crippen LogP contribution in [0.4, 0.5) is 4.79 Å². The van der Waals surface area contributed by atoms with E-state index < -0.39 is 16.1 Å². The van der Waals surface area contributed by atoms with Crippen molar-refractivity contribution in [3.8, 4) is 0 Å². The standard InChI is InChI=1S/C23H28ClN3O4S/c1-25-13-15-26(16-14-25)23(28)31-17-20-9-12-22(18-5-3-2-4-6-18)27(20)32(29,30)21-10-7-19(24)8-11-21/h2-8,10-11,20,22H,9,12-17H2,1H3/t20-,22?/m1/s1. The number of nitrogens with zero attached hydrogens (tertiary/aromatic N) is 3. The molecule has 2 heterocycles. The van der Waals surface area contributed by atoms with Gasteiger partial charge in [0.25, 0.3) is 0 Å². The summed E-state index contributed by atoms with van der Waals surface area (Å²) in [5, 5.41) is 0.475. The van der Waals surface area contributed by atoms with E-state index in [1.54, 1.807) is 17.0 Å². The predicted molar refractivity (Wildman–Crippen MR) is 123 cm³/mol. The van der Waals surface area contributed by atoms with Crippen LogP contribution in [0.2, 0.25) is 5.02 Å². The number of piperazine rings is 1. The third kappa shape index (κ3) is 4.93. The Kier molecular flexibility index (Phi) is 7.05. The lowest BCUT2D eigenvalue weighted by atomic mass is 10.1. The highest BCUT2D eigenvalue weighted by Crippen LogP contribution is 2.40. The van der Waals surface area contributed by atoms with Crippen LogP contribution in [0.3, 0.4) is 0 Å². The highest BCUT2D eigenvalue weighted by Gasteiger charge is 2.43. The van der Waals surface area contributed by atoms with E-state index >= 15 is 0 Å². The number of hydrogen-bond donors (Lipinski definition) is 0. The number of benzene rings is 2. The Balaban J connectivity index is 1.55. The Labute approximate surface area is 194 Å². The van der Waals surface area contributed by atoms with E-state index in [1.165, 1.54) is 16.4 Å². The summed E-state index contributed by atoms with van der Waals surface area (Å²) in [6, 6.07) is 15.0. The first-order valence-corrected chi connectivity index (χ1v) is 12.6. The van der Waals surface area contributed by atoms with Crippen LogP contribution in [0.5, 0.6) is 0 Å². The zero-order valence-electron chi connectivity index (χ0n) is 18.1. The number of rotatable bonds is 5. The molecule has 9 heteroatoms. The molecule has 4 rings (SSSR count). The summed E-state index contributed by atoms with van der Waals surface area (Å²) in [5.41, 5.74) is 0.929. The van der Waals surface area contributed by atoms with Gasteiger partial charge >= 0.3 is 6.09 Å². The summed E-state index contributed by atoms with van der Waals surface area (Å²) in [6.45, 7) is 2.84. The van der Waals surface area contributed by atoms with Gasteiger partial charge in [-0.25, -0.2) is 13.2 Å². The van der Waals surface area contributed by atoms with E-state index in [4.69, 9.17) is 16.3 Å². The number of ether oxygens (including phenoxy) is 1. The van der Waals surface area contributed by atoms with Crippen LogP contribution in [0, 0.1) is 0 Å². The molecule has 0 aliphatic carbocycles. The number of carbonyl (C=O) groups is 1. The fourth-order valence-corrected chi connectivity index (χ4v) is 6.31. The largest absolute Gasteiger partial charge is 0.448 e. The molecule has 2 atom stereocenters. The SMILES string of the molecule is CN1CCN(C(=O)OC[C@H]2CCC(c3ccccc3)N2S(=O)(=O)c2ccc(Cl)cc2)CC1. The lowest BCUT2D eigenvalue weighted by molar-refractivity contribution is 0.0688. The third-order valence-corrected chi connectivity index (χ3v) is 8.40. The maximum atomic E-state index is 13.6. The summed E-state index contributed by atoms with van der Waals surface area (Å²) in [7, 11) is -1.80. The minimum absolute atomic E-state index is 0.0291. The van der Waals surface area contributed by atoms with Crippen LogP contribution in [0.25, 0.3) is 0 Å². The monoisotopic (exact) mass is 477 g/mol. The van der Waals surface area contributed by atoms with E-state index in [1.807, 2.05) is 37.4 Å². The molecule has 1 unspecified atom stereocenters. The average Bonchev–Trinajstić information content (AvgIpc) is 3.24. The molecule has 2 aliphatic heterocycles. The van der Waals surface area contributed by atoms with Crippen molar-refractivity contribution in [2.45, 2.75) is 29.8 Å². The van der Waals surface area contributed by atoms with Gasteiger partial charge in [-0.2, -0.15) is 4.31 Å². The van der Waals surface area contributed by atoms with Gasteiger partial charge in [-0.15, -0.1) is 0 Å². The fraction of sp³-hybridized carbons (Fsp3) is 0.435. The third-order valence-electron chi connectivity index (χ3n) is 6.17. The highest BCUT2D eigenvalue weighted by molar-refractivity contribution is 7.89. The zero-order valence-corrected chi connectivity index (χ0v) is 19.6. The number of amides is 1. The van der Waals surface area contributed by atoms with Crippen LogP contribution >= 0.6 is 11.6 Å². The molecule has 0 N–H and O–H groups in total. The van der Waals surface area contributed by atoms with Crippen molar-refractivity contribution in [2.24, 2.45) is 0 Å². The van der Waals surface area contributed by atoms with Crippen molar-refractivity contribution in [3.05, 3.63) is 65.2 Å². The van der Waals surface area contributed by atoms with E-state index in [2.05, 4.69) is 4.90 Å². The summed E-state index contributed by atoms with van der Waals surface area (Å²) in [6.07, 6.45) is 0.890. The molecule has 2 aromatic rings. The van der Waals surface area contributed by atoms with Gasteiger partial charge in [0.1, 0.15) is 6.61 Å². The Morgan fingerprint density at radius 2 is 1.66 bits per heavy atom. The Morgan fingerprint density at radius 1 is 1.00 bits per heavy atom. The van der Waals surface area contributed by atoms with E-state index in [-0.39, 0.29) is 23.6 Å². The molecule has 0 bridgehead atoms. The van der Waals surface area contributed by atoms with Gasteiger partial charge in [0.05, 0.1) is 17.0 Å². The molecule has 32 heavy (non-hydrogen) atoms. The molecule has 0 radical (unpaired) electrons. The van der Waals surface area contributed by atoms with Gasteiger partial charge < -0.3 is 14.5 Å². The summed E-state index contributed by atoms with van der Waals surface area (Å²) in [5.74, 6) is 0. The molecule has 2 aliphatic rings. The van der Waals surface area contributed by atoms with Gasteiger partial charge in [0.15, 0.2) is 0 Å². The van der Waals surface area contributed by atoms with Crippen molar-refractivity contribution in [1.29, 1.82) is 0 Å². The van der Waals surface area contributed by atoms with Crippen molar-refractivity contribution in [3.63, 3.8) is 0 Å². The molecule has 172 valence electrons. The number of sulfonamides is 1. The van der Waals surface area contributed by atoms with Crippen molar-refractivity contribution in [1.82, 2.24) is 14.1 Å². The molecule has 1 amide bonds. The lowest BCUT2D eigenvalue weighted by Crippen LogP contribution is -2.48. The number of halogens is 1. The molecule has 2 aromatic carbocycles. The van der Waals surface area contributed by atoms with Crippen LogP contribution in [0.1, 0.15) is 24.4 Å². The second-order valence-electron chi connectivity index (χ2n) is 8.31. The smallest absolute Gasteiger partial charge is 0.409 e. The first kappa shape index (κ1) is 23.0. The van der Waals surface area contributed by atoms with E-state index in [9.17, 15) is 13.2 Å². The number of hydrogen-bond acceptors (Lipinski definition) is 5. The Bertz CT molecular complexity index is 1020. The summed E-state index contributed by atoms with van der Waals surface area (Å²) < 4.78 is 34.4. The maximum absolute atomic E-state index is 13.6. The Morgan fingerprint density at radius 3 is 2.31 bits per heavy atom. The molecule has 0 aromatic heterocycles. The van der Waals surface area contributed by atoms with Crippen molar-refractivity contribution >= 4 is 27.7 Å². The van der Waals surface area contributed by atoms with Gasteiger partial charge in [-0.05, 0) is 49.7 Å². The van der Waals surface area contributed by atoms with Gasteiger partial charge in [-0.3, -0.25) is 0 Å². The maximum Gasteiger partial charge on any atom is 0.409 e. The molecule has 7 nitrogen and oxygen atoms in total. The number of likely N-dealkylation sites (N-methyl/N-ethyl adjacent to an activating group) is 1. The molecule has 2 saturated heterocycles. The quantitative estimate of drug-likeness (QED) is 0.657. The predicted octanol–water partition coefficient (Wildman–Crippen LogP) is 3.62. The molecular weight excluding hydrogens is 450 g/mol. The second-order valence-corrected chi connectivity index (χ2v) is 10.6. The Hall–Kier alpha value is -2.13. The van der Waals surface area contributed by atoms with Crippen LogP contribution < -0.4 is 0 Å². The summed E-state index contributed by atoms with van der Waals surface area (Å²) >= 11 is 5.97.